The quantitative estimate of drug-likeness (QED) is 0.783. The second kappa shape index (κ2) is 6.98. The lowest BCUT2D eigenvalue weighted by atomic mass is 10.1. The van der Waals surface area contributed by atoms with Gasteiger partial charge in [0, 0.05) is 18.7 Å². The summed E-state index contributed by atoms with van der Waals surface area (Å²) in [6.45, 7) is 4.17. The summed E-state index contributed by atoms with van der Waals surface area (Å²) in [5, 5.41) is 0. The number of aryl methyl sites for hydroxylation is 1. The highest BCUT2D eigenvalue weighted by Gasteiger charge is 2.23. The van der Waals surface area contributed by atoms with Crippen molar-refractivity contribution in [3.63, 3.8) is 0 Å². The fourth-order valence-electron chi connectivity index (χ4n) is 3.02. The van der Waals surface area contributed by atoms with Crippen molar-refractivity contribution in [2.45, 2.75) is 19.8 Å². The molecule has 0 unspecified atom stereocenters. The van der Waals surface area contributed by atoms with Crippen molar-refractivity contribution in [2.24, 2.45) is 0 Å². The van der Waals surface area contributed by atoms with E-state index >= 15 is 0 Å². The molecule has 1 aromatic carbocycles. The van der Waals surface area contributed by atoms with Gasteiger partial charge in [-0.3, -0.25) is 0 Å². The summed E-state index contributed by atoms with van der Waals surface area (Å²) in [7, 11) is 0. The topological polar surface area (TPSA) is 76.3 Å². The number of benzene rings is 1. The molecule has 5 nitrogen and oxygen atoms in total. The van der Waals surface area contributed by atoms with Crippen molar-refractivity contribution < 1.29 is 5.48 Å². The Morgan fingerprint density at radius 2 is 1.74 bits per heavy atom. The summed E-state index contributed by atoms with van der Waals surface area (Å²) < 4.78 is 0. The second-order valence-electron chi connectivity index (χ2n) is 5.61. The average molecular weight is 333 g/mol. The van der Waals surface area contributed by atoms with Crippen LogP contribution in [-0.2, 0) is 0 Å². The van der Waals surface area contributed by atoms with Crippen LogP contribution < -0.4 is 4.90 Å². The Kier molecular flexibility index (Phi) is 5.23. The Morgan fingerprint density at radius 3 is 2.43 bits per heavy atom. The summed E-state index contributed by atoms with van der Waals surface area (Å²) >= 11 is 0. The number of aromatic amines is 1. The van der Waals surface area contributed by atoms with E-state index < -0.39 is 0 Å². The molecule has 0 saturated carbocycles. The van der Waals surface area contributed by atoms with Gasteiger partial charge in [-0.25, -0.2) is 9.97 Å². The van der Waals surface area contributed by atoms with Crippen molar-refractivity contribution in [3.8, 4) is 22.6 Å². The number of rotatable bonds is 2. The van der Waals surface area contributed by atoms with Crippen LogP contribution in [0.1, 0.15) is 18.7 Å². The monoisotopic (exact) mass is 332 g/mol. The third kappa shape index (κ3) is 3.16. The smallest absolute Gasteiger partial charge is 0.158 e. The molecule has 1 fully saturated rings. The van der Waals surface area contributed by atoms with Crippen molar-refractivity contribution in [3.05, 3.63) is 42.2 Å². The first-order valence-electron chi connectivity index (χ1n) is 7.49. The van der Waals surface area contributed by atoms with Crippen LogP contribution in [0.3, 0.4) is 0 Å². The van der Waals surface area contributed by atoms with Crippen molar-refractivity contribution in [1.82, 2.24) is 15.0 Å². The molecule has 1 aromatic rings. The highest BCUT2D eigenvalue weighted by Crippen LogP contribution is 2.34. The van der Waals surface area contributed by atoms with E-state index in [4.69, 9.17) is 9.97 Å². The summed E-state index contributed by atoms with van der Waals surface area (Å²) in [5.74, 6) is 1.97. The number of hydrogen-bond acceptors (Lipinski definition) is 3. The van der Waals surface area contributed by atoms with E-state index in [0.29, 0.717) is 0 Å². The van der Waals surface area contributed by atoms with Gasteiger partial charge in [-0.15, -0.1) is 12.4 Å². The van der Waals surface area contributed by atoms with Gasteiger partial charge in [0.15, 0.2) is 5.82 Å². The molecule has 3 N–H and O–H groups in total. The summed E-state index contributed by atoms with van der Waals surface area (Å²) in [6, 6.07) is 12.4. The minimum atomic E-state index is 0. The Labute approximate surface area is 141 Å². The van der Waals surface area contributed by atoms with Gasteiger partial charge in [0.05, 0.1) is 11.4 Å². The van der Waals surface area contributed by atoms with Gasteiger partial charge in [0.25, 0.3) is 0 Å². The van der Waals surface area contributed by atoms with Crippen LogP contribution in [0.4, 0.5) is 5.82 Å². The number of fused-ring (bicyclic) bond motifs is 1. The SMILES string of the molecule is Cc1nc(N2CCCC2)c2nc(-c3ccccc3)cc-2[nH]1.Cl.O. The highest BCUT2D eigenvalue weighted by molar-refractivity contribution is 5.85. The normalized spacial score (nSPS) is 13.7. The molecule has 3 heterocycles. The molecular weight excluding hydrogens is 312 g/mol. The molecule has 0 bridgehead atoms. The van der Waals surface area contributed by atoms with Crippen LogP contribution in [0.15, 0.2) is 36.4 Å². The second-order valence-corrected chi connectivity index (χ2v) is 5.61. The predicted octanol–water partition coefficient (Wildman–Crippen LogP) is 3.08. The Hall–Kier alpha value is -2.11. The molecule has 0 aliphatic carbocycles. The van der Waals surface area contributed by atoms with E-state index in [0.717, 1.165) is 47.4 Å². The first-order valence-corrected chi connectivity index (χ1v) is 7.49. The first kappa shape index (κ1) is 17.2. The summed E-state index contributed by atoms with van der Waals surface area (Å²) in [5.41, 5.74) is 4.21. The lowest BCUT2D eigenvalue weighted by Crippen LogP contribution is -2.21. The molecule has 1 saturated heterocycles. The molecule has 4 rings (SSSR count). The van der Waals surface area contributed by atoms with Gasteiger partial charge < -0.3 is 15.4 Å². The Balaban J connectivity index is 0.000000960. The molecule has 3 aliphatic rings. The zero-order chi connectivity index (χ0) is 14.2. The maximum Gasteiger partial charge on any atom is 0.158 e. The third-order valence-corrected chi connectivity index (χ3v) is 4.04. The van der Waals surface area contributed by atoms with Gasteiger partial charge in [-0.1, -0.05) is 30.3 Å². The number of nitrogens with zero attached hydrogens (tertiary/aromatic N) is 3. The Morgan fingerprint density at radius 1 is 1.04 bits per heavy atom. The lowest BCUT2D eigenvalue weighted by molar-refractivity contribution is 0.824. The minimum Gasteiger partial charge on any atom is -0.412 e. The molecular formula is C17H21ClN4O. The van der Waals surface area contributed by atoms with Gasteiger partial charge in [0.2, 0.25) is 0 Å². The number of anilines is 1. The zero-order valence-corrected chi connectivity index (χ0v) is 13.9. The largest absolute Gasteiger partial charge is 0.412 e. The van der Waals surface area contributed by atoms with E-state index in [1.807, 2.05) is 25.1 Å². The molecule has 122 valence electrons. The van der Waals surface area contributed by atoms with Crippen LogP contribution in [0.5, 0.6) is 0 Å². The molecule has 23 heavy (non-hydrogen) atoms. The van der Waals surface area contributed by atoms with E-state index in [2.05, 4.69) is 28.1 Å². The third-order valence-electron chi connectivity index (χ3n) is 4.04. The minimum absolute atomic E-state index is 0. The molecule has 0 aromatic heterocycles. The van der Waals surface area contributed by atoms with Crippen LogP contribution in [0.25, 0.3) is 22.6 Å². The fourth-order valence-corrected chi connectivity index (χ4v) is 3.02. The molecule has 0 spiro atoms. The Bertz CT molecular complexity index is 738. The van der Waals surface area contributed by atoms with Gasteiger partial charge >= 0.3 is 0 Å². The molecule has 0 amide bonds. The summed E-state index contributed by atoms with van der Waals surface area (Å²) in [6.07, 6.45) is 2.49. The van der Waals surface area contributed by atoms with E-state index in [1.54, 1.807) is 0 Å². The van der Waals surface area contributed by atoms with E-state index in [9.17, 15) is 0 Å². The number of H-pyrrole nitrogens is 1. The average Bonchev–Trinajstić information content (AvgIpc) is 3.16. The lowest BCUT2D eigenvalue weighted by Gasteiger charge is -2.19. The maximum atomic E-state index is 4.83. The molecule has 6 heteroatoms. The van der Waals surface area contributed by atoms with Crippen molar-refractivity contribution in [1.29, 1.82) is 0 Å². The van der Waals surface area contributed by atoms with Gasteiger partial charge in [-0.2, -0.15) is 0 Å². The van der Waals surface area contributed by atoms with Gasteiger partial charge in [0.1, 0.15) is 11.5 Å². The number of nitrogens with one attached hydrogen (secondary N) is 1. The molecule has 0 radical (unpaired) electrons. The number of hydrogen-bond donors (Lipinski definition) is 1. The van der Waals surface area contributed by atoms with E-state index in [1.165, 1.54) is 12.8 Å². The fraction of sp³-hybridized carbons (Fsp3) is 0.294. The standard InChI is InChI=1S/C17H18N4.ClH.H2O/c1-12-18-15-11-14(13-7-3-2-4-8-13)20-16(15)17(19-12)21-9-5-6-10-21;;/h2-4,7-8,11H,5-6,9-10H2,1H3,(H,18,19);1H;1H2. The summed E-state index contributed by atoms with van der Waals surface area (Å²) in [4.78, 5) is 15.2. The number of aromatic nitrogens is 3. The van der Waals surface area contributed by atoms with Crippen LogP contribution in [0, 0.1) is 6.92 Å². The highest BCUT2D eigenvalue weighted by atomic mass is 35.5. The van der Waals surface area contributed by atoms with Crippen molar-refractivity contribution in [2.75, 3.05) is 18.0 Å². The van der Waals surface area contributed by atoms with Crippen molar-refractivity contribution >= 4 is 18.2 Å². The number of halogens is 1. The van der Waals surface area contributed by atoms with Gasteiger partial charge in [-0.05, 0) is 25.8 Å². The van der Waals surface area contributed by atoms with Crippen LogP contribution in [-0.4, -0.2) is 33.5 Å². The zero-order valence-electron chi connectivity index (χ0n) is 13.0. The van der Waals surface area contributed by atoms with Crippen LogP contribution >= 0.6 is 12.4 Å². The molecule has 0 atom stereocenters. The van der Waals surface area contributed by atoms with Crippen LogP contribution in [0.2, 0.25) is 0 Å². The maximum absolute atomic E-state index is 4.83. The predicted molar refractivity (Wildman–Crippen MR) is 95.5 cm³/mol. The van der Waals surface area contributed by atoms with E-state index in [-0.39, 0.29) is 17.9 Å². The first-order chi connectivity index (χ1) is 10.3. The molecule has 3 aliphatic heterocycles.